The molecule has 0 aliphatic rings. The summed E-state index contributed by atoms with van der Waals surface area (Å²) in [5.74, 6) is 0. The second-order valence-electron chi connectivity index (χ2n) is 11.1. The van der Waals surface area contributed by atoms with Crippen LogP contribution >= 0.6 is 0 Å². The van der Waals surface area contributed by atoms with Crippen LogP contribution in [0.5, 0.6) is 0 Å². The number of pyridine rings is 1. The Bertz CT molecular complexity index is 2430. The van der Waals surface area contributed by atoms with Crippen LogP contribution in [0.3, 0.4) is 0 Å². The monoisotopic (exact) mass is 547 g/mol. The SMILES string of the molecule is c1ccc(-c2c3ccccc3c(-c3ccc(-c4ccc5oc6ccc7ccccc7c6c5c4)nc3)c3ccccc23)cc1. The molecule has 0 atom stereocenters. The summed E-state index contributed by atoms with van der Waals surface area (Å²) in [6, 6.07) is 51.6. The van der Waals surface area contributed by atoms with Crippen LogP contribution in [-0.4, -0.2) is 4.98 Å². The van der Waals surface area contributed by atoms with E-state index >= 15 is 0 Å². The highest BCUT2D eigenvalue weighted by Crippen LogP contribution is 2.44. The molecule has 0 spiro atoms. The fraction of sp³-hybridized carbons (Fsp3) is 0. The Kier molecular flexibility index (Phi) is 5.23. The molecule has 2 heteroatoms. The summed E-state index contributed by atoms with van der Waals surface area (Å²) in [5, 5.41) is 9.64. The maximum Gasteiger partial charge on any atom is 0.136 e. The van der Waals surface area contributed by atoms with Crippen molar-refractivity contribution in [1.29, 1.82) is 0 Å². The number of hydrogen-bond donors (Lipinski definition) is 0. The minimum atomic E-state index is 0.892. The Labute approximate surface area is 248 Å². The van der Waals surface area contributed by atoms with Crippen molar-refractivity contribution in [1.82, 2.24) is 4.98 Å². The van der Waals surface area contributed by atoms with Gasteiger partial charge in [-0.05, 0) is 79.3 Å². The van der Waals surface area contributed by atoms with Crippen LogP contribution in [0.4, 0.5) is 0 Å². The van der Waals surface area contributed by atoms with E-state index in [0.717, 1.165) is 38.8 Å². The predicted molar refractivity (Wildman–Crippen MR) is 180 cm³/mol. The first kappa shape index (κ1) is 23.9. The second-order valence-corrected chi connectivity index (χ2v) is 11.1. The Morgan fingerprint density at radius 3 is 1.65 bits per heavy atom. The van der Waals surface area contributed by atoms with E-state index in [2.05, 4.69) is 146 Å². The molecule has 0 saturated heterocycles. The summed E-state index contributed by atoms with van der Waals surface area (Å²) in [7, 11) is 0. The third kappa shape index (κ3) is 3.70. The molecule has 0 fully saturated rings. The van der Waals surface area contributed by atoms with Crippen LogP contribution in [0.15, 0.2) is 156 Å². The van der Waals surface area contributed by atoms with Crippen LogP contribution in [0.1, 0.15) is 0 Å². The zero-order chi connectivity index (χ0) is 28.3. The molecule has 7 aromatic carbocycles. The molecule has 9 rings (SSSR count). The maximum absolute atomic E-state index is 6.23. The van der Waals surface area contributed by atoms with Crippen molar-refractivity contribution in [2.24, 2.45) is 0 Å². The Morgan fingerprint density at radius 1 is 0.395 bits per heavy atom. The molecule has 0 radical (unpaired) electrons. The first-order chi connectivity index (χ1) is 21.3. The number of rotatable bonds is 3. The van der Waals surface area contributed by atoms with Gasteiger partial charge < -0.3 is 4.42 Å². The zero-order valence-corrected chi connectivity index (χ0v) is 23.3. The van der Waals surface area contributed by atoms with E-state index < -0.39 is 0 Å². The lowest BCUT2D eigenvalue weighted by Gasteiger charge is -2.17. The van der Waals surface area contributed by atoms with Gasteiger partial charge in [-0.15, -0.1) is 0 Å². The molecular formula is C41H25NO. The van der Waals surface area contributed by atoms with Gasteiger partial charge in [-0.2, -0.15) is 0 Å². The standard InChI is InChI=1S/C41H25NO/c1-2-11-27(12-3-1)39-31-14-6-8-16-33(31)40(34-17-9-7-15-32(34)39)29-18-21-36(42-25-29)28-20-22-37-35(24-28)41-30-13-5-4-10-26(30)19-23-38(41)43-37/h1-25H. The van der Waals surface area contributed by atoms with Crippen LogP contribution in [-0.2, 0) is 0 Å². The average molecular weight is 548 g/mol. The van der Waals surface area contributed by atoms with E-state index in [0.29, 0.717) is 0 Å². The largest absolute Gasteiger partial charge is 0.456 e. The number of aromatic nitrogens is 1. The number of benzene rings is 7. The second kappa shape index (κ2) is 9.40. The lowest BCUT2D eigenvalue weighted by molar-refractivity contribution is 0.669. The van der Waals surface area contributed by atoms with Gasteiger partial charge in [0.2, 0.25) is 0 Å². The molecule has 43 heavy (non-hydrogen) atoms. The molecule has 2 heterocycles. The van der Waals surface area contributed by atoms with Crippen molar-refractivity contribution < 1.29 is 4.42 Å². The van der Waals surface area contributed by atoms with Gasteiger partial charge in [0.05, 0.1) is 5.69 Å². The highest BCUT2D eigenvalue weighted by molar-refractivity contribution is 6.22. The first-order valence-electron chi connectivity index (χ1n) is 14.6. The number of furan rings is 1. The minimum absolute atomic E-state index is 0.892. The van der Waals surface area contributed by atoms with Gasteiger partial charge in [0.1, 0.15) is 11.2 Å². The molecule has 0 unspecified atom stereocenters. The molecule has 0 aliphatic heterocycles. The van der Waals surface area contributed by atoms with Crippen molar-refractivity contribution >= 4 is 54.3 Å². The van der Waals surface area contributed by atoms with Crippen LogP contribution in [0.2, 0.25) is 0 Å². The van der Waals surface area contributed by atoms with Gasteiger partial charge in [0.25, 0.3) is 0 Å². The third-order valence-electron chi connectivity index (χ3n) is 8.70. The van der Waals surface area contributed by atoms with Crippen LogP contribution in [0.25, 0.3) is 87.8 Å². The van der Waals surface area contributed by atoms with Crippen LogP contribution in [0, 0.1) is 0 Å². The van der Waals surface area contributed by atoms with E-state index in [1.165, 1.54) is 49.0 Å². The first-order valence-corrected chi connectivity index (χ1v) is 14.6. The molecule has 200 valence electrons. The molecule has 0 saturated carbocycles. The Balaban J connectivity index is 1.22. The Hall–Kier alpha value is -5.73. The molecule has 9 aromatic rings. The Morgan fingerprint density at radius 2 is 0.977 bits per heavy atom. The molecule has 0 bridgehead atoms. The summed E-state index contributed by atoms with van der Waals surface area (Å²) < 4.78 is 6.23. The molecule has 2 aromatic heterocycles. The van der Waals surface area contributed by atoms with Crippen LogP contribution < -0.4 is 0 Å². The molecular weight excluding hydrogens is 522 g/mol. The lowest BCUT2D eigenvalue weighted by Crippen LogP contribution is -1.91. The molecule has 2 nitrogen and oxygen atoms in total. The van der Waals surface area contributed by atoms with Gasteiger partial charge in [-0.1, -0.05) is 115 Å². The lowest BCUT2D eigenvalue weighted by atomic mass is 9.86. The fourth-order valence-electron chi connectivity index (χ4n) is 6.77. The van der Waals surface area contributed by atoms with E-state index in [9.17, 15) is 0 Å². The summed E-state index contributed by atoms with van der Waals surface area (Å²) in [6.45, 7) is 0. The zero-order valence-electron chi connectivity index (χ0n) is 23.3. The number of hydrogen-bond acceptors (Lipinski definition) is 2. The number of nitrogens with zero attached hydrogens (tertiary/aromatic N) is 1. The fourth-order valence-corrected chi connectivity index (χ4v) is 6.77. The summed E-state index contributed by atoms with van der Waals surface area (Å²) in [4.78, 5) is 5.02. The van der Waals surface area contributed by atoms with Gasteiger partial charge in [0, 0.05) is 28.1 Å². The molecule has 0 aliphatic carbocycles. The maximum atomic E-state index is 6.23. The minimum Gasteiger partial charge on any atom is -0.456 e. The highest BCUT2D eigenvalue weighted by atomic mass is 16.3. The van der Waals surface area contributed by atoms with E-state index in [4.69, 9.17) is 9.40 Å². The quantitative estimate of drug-likeness (QED) is 0.206. The number of fused-ring (bicyclic) bond motifs is 7. The van der Waals surface area contributed by atoms with Crippen molar-refractivity contribution in [2.45, 2.75) is 0 Å². The van der Waals surface area contributed by atoms with Gasteiger partial charge >= 0.3 is 0 Å². The average Bonchev–Trinajstić information content (AvgIpc) is 3.46. The third-order valence-corrected chi connectivity index (χ3v) is 8.70. The van der Waals surface area contributed by atoms with Crippen molar-refractivity contribution in [2.75, 3.05) is 0 Å². The smallest absolute Gasteiger partial charge is 0.136 e. The summed E-state index contributed by atoms with van der Waals surface area (Å²) in [6.07, 6.45) is 2.03. The van der Waals surface area contributed by atoms with E-state index in [1.54, 1.807) is 0 Å². The summed E-state index contributed by atoms with van der Waals surface area (Å²) >= 11 is 0. The van der Waals surface area contributed by atoms with Crippen molar-refractivity contribution in [3.05, 3.63) is 152 Å². The van der Waals surface area contributed by atoms with E-state index in [-0.39, 0.29) is 0 Å². The summed E-state index contributed by atoms with van der Waals surface area (Å²) in [5.41, 5.74) is 8.64. The molecule has 0 N–H and O–H groups in total. The normalized spacial score (nSPS) is 11.7. The topological polar surface area (TPSA) is 26.0 Å². The molecule has 0 amide bonds. The van der Waals surface area contributed by atoms with Gasteiger partial charge in [0.15, 0.2) is 0 Å². The van der Waals surface area contributed by atoms with Crippen molar-refractivity contribution in [3.63, 3.8) is 0 Å². The highest BCUT2D eigenvalue weighted by Gasteiger charge is 2.17. The van der Waals surface area contributed by atoms with Gasteiger partial charge in [-0.25, -0.2) is 0 Å². The van der Waals surface area contributed by atoms with Crippen molar-refractivity contribution in [3.8, 4) is 33.5 Å². The predicted octanol–water partition coefficient (Wildman–Crippen LogP) is 11.4. The van der Waals surface area contributed by atoms with E-state index in [1.807, 2.05) is 6.20 Å². The van der Waals surface area contributed by atoms with Gasteiger partial charge in [-0.3, -0.25) is 4.98 Å².